The number of hydrogen-bond acceptors (Lipinski definition) is 5. The Morgan fingerprint density at radius 2 is 1.96 bits per heavy atom. The summed E-state index contributed by atoms with van der Waals surface area (Å²) in [6.07, 6.45) is -0.920. The molecule has 9 heteroatoms. The van der Waals surface area contributed by atoms with Crippen molar-refractivity contribution in [1.82, 2.24) is 14.9 Å². The SMILES string of the molecule is CC(C)c1cc(CNc2cnc(C(=O)N3CCC3)cn2)cc(OC(F)(F)F)c1. The average Bonchev–Trinajstić information content (AvgIpc) is 2.57. The molecule has 0 radical (unpaired) electrons. The summed E-state index contributed by atoms with van der Waals surface area (Å²) >= 11 is 0. The van der Waals surface area contributed by atoms with E-state index in [4.69, 9.17) is 0 Å². The van der Waals surface area contributed by atoms with Crippen LogP contribution in [0.5, 0.6) is 5.75 Å². The minimum absolute atomic E-state index is 0.0436. The second-order valence-corrected chi connectivity index (χ2v) is 6.90. The zero-order valence-electron chi connectivity index (χ0n) is 15.6. The number of alkyl halides is 3. The van der Waals surface area contributed by atoms with Gasteiger partial charge in [-0.05, 0) is 35.6 Å². The molecule has 3 rings (SSSR count). The summed E-state index contributed by atoms with van der Waals surface area (Å²) < 4.78 is 41.7. The number of carbonyl (C=O) groups excluding carboxylic acids is 1. The first-order valence-electron chi connectivity index (χ1n) is 8.96. The Bertz CT molecular complexity index is 834. The predicted octanol–water partition coefficient (Wildman–Crippen LogP) is 3.96. The van der Waals surface area contributed by atoms with Crippen molar-refractivity contribution in [3.05, 3.63) is 47.4 Å². The molecule has 28 heavy (non-hydrogen) atoms. The fraction of sp³-hybridized carbons (Fsp3) is 0.421. The first-order chi connectivity index (χ1) is 13.2. The number of amides is 1. The molecule has 0 bridgehead atoms. The largest absolute Gasteiger partial charge is 0.573 e. The lowest BCUT2D eigenvalue weighted by atomic mass is 10.0. The van der Waals surface area contributed by atoms with Crippen LogP contribution in [0.4, 0.5) is 19.0 Å². The van der Waals surface area contributed by atoms with Gasteiger partial charge in [-0.1, -0.05) is 19.9 Å². The maximum Gasteiger partial charge on any atom is 0.573 e. The van der Waals surface area contributed by atoms with Gasteiger partial charge in [-0.25, -0.2) is 9.97 Å². The molecule has 150 valence electrons. The summed E-state index contributed by atoms with van der Waals surface area (Å²) in [7, 11) is 0. The third kappa shape index (κ3) is 5.11. The van der Waals surface area contributed by atoms with Crippen LogP contribution < -0.4 is 10.1 Å². The summed E-state index contributed by atoms with van der Waals surface area (Å²) in [5.74, 6) is 0.0662. The van der Waals surface area contributed by atoms with Crippen molar-refractivity contribution < 1.29 is 22.7 Å². The number of rotatable bonds is 6. The molecule has 1 aromatic heterocycles. The van der Waals surface area contributed by atoms with Crippen molar-refractivity contribution in [1.29, 1.82) is 0 Å². The second-order valence-electron chi connectivity index (χ2n) is 6.90. The predicted molar refractivity (Wildman–Crippen MR) is 97.1 cm³/mol. The number of nitrogens with one attached hydrogen (secondary N) is 1. The average molecular weight is 394 g/mol. The monoisotopic (exact) mass is 394 g/mol. The fourth-order valence-electron chi connectivity index (χ4n) is 2.72. The molecular weight excluding hydrogens is 373 g/mol. The molecule has 0 saturated carbocycles. The molecule has 2 aromatic rings. The van der Waals surface area contributed by atoms with E-state index in [1.54, 1.807) is 4.90 Å². The Morgan fingerprint density at radius 1 is 1.21 bits per heavy atom. The summed E-state index contributed by atoms with van der Waals surface area (Å²) in [4.78, 5) is 22.0. The summed E-state index contributed by atoms with van der Waals surface area (Å²) in [6.45, 7) is 5.49. The maximum atomic E-state index is 12.6. The van der Waals surface area contributed by atoms with Crippen LogP contribution in [0.2, 0.25) is 0 Å². The van der Waals surface area contributed by atoms with Gasteiger partial charge in [-0.15, -0.1) is 13.2 Å². The topological polar surface area (TPSA) is 67.4 Å². The van der Waals surface area contributed by atoms with Crippen molar-refractivity contribution in [3.8, 4) is 5.75 Å². The van der Waals surface area contributed by atoms with Crippen LogP contribution in [-0.2, 0) is 6.54 Å². The van der Waals surface area contributed by atoms with Gasteiger partial charge >= 0.3 is 6.36 Å². The highest BCUT2D eigenvalue weighted by Crippen LogP contribution is 2.28. The summed E-state index contributed by atoms with van der Waals surface area (Å²) in [5.41, 5.74) is 1.63. The zero-order chi connectivity index (χ0) is 20.3. The third-order valence-electron chi connectivity index (χ3n) is 4.38. The number of benzene rings is 1. The van der Waals surface area contributed by atoms with Crippen molar-refractivity contribution in [2.45, 2.75) is 39.1 Å². The minimum atomic E-state index is -4.75. The number of aromatic nitrogens is 2. The van der Waals surface area contributed by atoms with Gasteiger partial charge in [-0.2, -0.15) is 0 Å². The Morgan fingerprint density at radius 3 is 2.50 bits per heavy atom. The van der Waals surface area contributed by atoms with Crippen LogP contribution in [0.25, 0.3) is 0 Å². The number of likely N-dealkylation sites (tertiary alicyclic amines) is 1. The third-order valence-corrected chi connectivity index (χ3v) is 4.38. The molecule has 2 heterocycles. The molecule has 0 atom stereocenters. The van der Waals surface area contributed by atoms with Gasteiger partial charge in [0.1, 0.15) is 17.3 Å². The van der Waals surface area contributed by atoms with E-state index >= 15 is 0 Å². The number of halogens is 3. The molecule has 1 N–H and O–H groups in total. The fourth-order valence-corrected chi connectivity index (χ4v) is 2.72. The number of hydrogen-bond donors (Lipinski definition) is 1. The van der Waals surface area contributed by atoms with Gasteiger partial charge in [0.25, 0.3) is 5.91 Å². The van der Waals surface area contributed by atoms with Crippen LogP contribution in [-0.4, -0.2) is 40.2 Å². The quantitative estimate of drug-likeness (QED) is 0.803. The lowest BCUT2D eigenvalue weighted by molar-refractivity contribution is -0.274. The van der Waals surface area contributed by atoms with E-state index in [9.17, 15) is 18.0 Å². The van der Waals surface area contributed by atoms with Crippen LogP contribution in [0, 0.1) is 0 Å². The molecule has 0 aliphatic carbocycles. The molecule has 6 nitrogen and oxygen atoms in total. The normalized spacial score (nSPS) is 14.0. The van der Waals surface area contributed by atoms with Gasteiger partial charge in [0.05, 0.1) is 12.4 Å². The van der Waals surface area contributed by atoms with Crippen LogP contribution in [0.15, 0.2) is 30.6 Å². The Kier molecular flexibility index (Phi) is 5.71. The standard InChI is InChI=1S/C19H21F3N4O2/c1-12(2)14-6-13(7-15(8-14)28-19(20,21)22)9-24-17-11-23-16(10-25-17)18(27)26-4-3-5-26/h6-8,10-12H,3-5,9H2,1-2H3,(H,24,25). The highest BCUT2D eigenvalue weighted by molar-refractivity contribution is 5.92. The lowest BCUT2D eigenvalue weighted by Crippen LogP contribution is -2.42. The molecule has 1 aromatic carbocycles. The highest BCUT2D eigenvalue weighted by atomic mass is 19.4. The first-order valence-corrected chi connectivity index (χ1v) is 8.96. The highest BCUT2D eigenvalue weighted by Gasteiger charge is 2.31. The summed E-state index contributed by atoms with van der Waals surface area (Å²) in [5, 5.41) is 3.01. The number of carbonyl (C=O) groups is 1. The van der Waals surface area contributed by atoms with E-state index in [1.165, 1.54) is 24.5 Å². The van der Waals surface area contributed by atoms with Crippen LogP contribution in [0.1, 0.15) is 47.8 Å². The molecule has 1 fully saturated rings. The lowest BCUT2D eigenvalue weighted by Gasteiger charge is -2.30. The van der Waals surface area contributed by atoms with Crippen molar-refractivity contribution in [3.63, 3.8) is 0 Å². The molecule has 1 aliphatic rings. The summed E-state index contributed by atoms with van der Waals surface area (Å²) in [6, 6.07) is 4.54. The number of anilines is 1. The smallest absolute Gasteiger partial charge is 0.406 e. The zero-order valence-corrected chi connectivity index (χ0v) is 15.6. The first kappa shape index (κ1) is 19.9. The van der Waals surface area contributed by atoms with Crippen LogP contribution in [0.3, 0.4) is 0 Å². The molecule has 0 unspecified atom stereocenters. The molecule has 1 saturated heterocycles. The van der Waals surface area contributed by atoms with E-state index < -0.39 is 6.36 Å². The van der Waals surface area contributed by atoms with E-state index in [2.05, 4.69) is 20.0 Å². The molecule has 0 spiro atoms. The van der Waals surface area contributed by atoms with Gasteiger partial charge in [0.2, 0.25) is 0 Å². The minimum Gasteiger partial charge on any atom is -0.406 e. The van der Waals surface area contributed by atoms with Gasteiger partial charge in [-0.3, -0.25) is 4.79 Å². The number of nitrogens with zero attached hydrogens (tertiary/aromatic N) is 3. The van der Waals surface area contributed by atoms with Gasteiger partial charge < -0.3 is 15.0 Å². The Labute approximate surface area is 160 Å². The van der Waals surface area contributed by atoms with Crippen molar-refractivity contribution in [2.75, 3.05) is 18.4 Å². The molecular formula is C19H21F3N4O2. The Balaban J connectivity index is 1.68. The van der Waals surface area contributed by atoms with Crippen molar-refractivity contribution in [2.24, 2.45) is 0 Å². The van der Waals surface area contributed by atoms with E-state index in [1.807, 2.05) is 19.9 Å². The van der Waals surface area contributed by atoms with Crippen LogP contribution >= 0.6 is 0 Å². The molecule has 1 aliphatic heterocycles. The van der Waals surface area contributed by atoms with E-state index in [0.717, 1.165) is 25.1 Å². The maximum absolute atomic E-state index is 12.6. The van der Waals surface area contributed by atoms with E-state index in [-0.39, 0.29) is 29.8 Å². The second kappa shape index (κ2) is 8.04. The van der Waals surface area contributed by atoms with Gasteiger partial charge in [0.15, 0.2) is 0 Å². The molecule has 1 amide bonds. The van der Waals surface area contributed by atoms with Crippen molar-refractivity contribution >= 4 is 11.7 Å². The van der Waals surface area contributed by atoms with E-state index in [0.29, 0.717) is 11.4 Å². The number of ether oxygens (including phenoxy) is 1. The Hall–Kier alpha value is -2.84. The van der Waals surface area contributed by atoms with Gasteiger partial charge in [0, 0.05) is 19.6 Å².